The summed E-state index contributed by atoms with van der Waals surface area (Å²) >= 11 is 0. The van der Waals surface area contributed by atoms with Crippen molar-refractivity contribution in [1.82, 2.24) is 0 Å². The van der Waals surface area contributed by atoms with Gasteiger partial charge in [0.15, 0.2) is 0 Å². The van der Waals surface area contributed by atoms with E-state index in [9.17, 15) is 5.11 Å². The number of aliphatic hydroxyl groups is 1. The molecule has 1 unspecified atom stereocenters. The Hall–Kier alpha value is -0.0400. The first-order valence-electron chi connectivity index (χ1n) is 5.51. The van der Waals surface area contributed by atoms with Gasteiger partial charge in [0.1, 0.15) is 0 Å². The predicted octanol–water partition coefficient (Wildman–Crippen LogP) is 2.34. The Kier molecular flexibility index (Phi) is 1.39. The van der Waals surface area contributed by atoms with Gasteiger partial charge in [-0.1, -0.05) is 12.8 Å². The van der Waals surface area contributed by atoms with Gasteiger partial charge >= 0.3 is 0 Å². The SMILES string of the molecule is O[C@@H]1C[C@H]2CCCC23CCC[C@H]13. The fraction of sp³-hybridized carbons (Fsp3) is 1.00. The lowest BCUT2D eigenvalue weighted by Gasteiger charge is -2.29. The first kappa shape index (κ1) is 7.37. The van der Waals surface area contributed by atoms with E-state index in [1.54, 1.807) is 0 Å². The maximum absolute atomic E-state index is 9.90. The fourth-order valence-corrected chi connectivity index (χ4v) is 4.49. The minimum absolute atomic E-state index is 0.0674. The Morgan fingerprint density at radius 3 is 2.67 bits per heavy atom. The van der Waals surface area contributed by atoms with Crippen molar-refractivity contribution in [3.8, 4) is 0 Å². The lowest BCUT2D eigenvalue weighted by Crippen LogP contribution is -2.25. The first-order chi connectivity index (χ1) is 5.83. The van der Waals surface area contributed by atoms with Crippen molar-refractivity contribution in [2.75, 3.05) is 0 Å². The van der Waals surface area contributed by atoms with Gasteiger partial charge in [-0.3, -0.25) is 0 Å². The summed E-state index contributed by atoms with van der Waals surface area (Å²) in [6, 6.07) is 0. The topological polar surface area (TPSA) is 20.2 Å². The molecule has 0 aromatic carbocycles. The summed E-state index contributed by atoms with van der Waals surface area (Å²) in [7, 11) is 0. The smallest absolute Gasteiger partial charge is 0.0576 e. The molecule has 68 valence electrons. The summed E-state index contributed by atoms with van der Waals surface area (Å²) < 4.78 is 0. The Balaban J connectivity index is 1.98. The second-order valence-electron chi connectivity index (χ2n) is 5.12. The molecule has 0 bridgehead atoms. The third kappa shape index (κ3) is 0.693. The van der Waals surface area contributed by atoms with Gasteiger partial charge in [0.25, 0.3) is 0 Å². The monoisotopic (exact) mass is 166 g/mol. The number of hydrogen-bond acceptors (Lipinski definition) is 1. The molecule has 1 spiro atoms. The average molecular weight is 166 g/mol. The number of rotatable bonds is 0. The third-order valence-electron chi connectivity index (χ3n) is 4.89. The predicted molar refractivity (Wildman–Crippen MR) is 47.7 cm³/mol. The minimum Gasteiger partial charge on any atom is -0.393 e. The molecule has 0 radical (unpaired) electrons. The van der Waals surface area contributed by atoms with Crippen LogP contribution in [0.1, 0.15) is 44.9 Å². The van der Waals surface area contributed by atoms with Crippen LogP contribution in [0, 0.1) is 17.3 Å². The minimum atomic E-state index is 0.0674. The van der Waals surface area contributed by atoms with E-state index in [0.29, 0.717) is 11.3 Å². The molecule has 0 amide bonds. The van der Waals surface area contributed by atoms with Gasteiger partial charge in [0.2, 0.25) is 0 Å². The normalized spacial score (nSPS) is 57.2. The first-order valence-corrected chi connectivity index (χ1v) is 5.51. The second-order valence-corrected chi connectivity index (χ2v) is 5.12. The van der Waals surface area contributed by atoms with Crippen LogP contribution in [0.4, 0.5) is 0 Å². The largest absolute Gasteiger partial charge is 0.393 e. The van der Waals surface area contributed by atoms with Crippen molar-refractivity contribution < 1.29 is 5.11 Å². The zero-order valence-corrected chi connectivity index (χ0v) is 7.63. The number of hydrogen-bond donors (Lipinski definition) is 1. The Labute approximate surface area is 74.2 Å². The molecule has 1 N–H and O–H groups in total. The van der Waals surface area contributed by atoms with E-state index in [0.717, 1.165) is 12.3 Å². The van der Waals surface area contributed by atoms with E-state index >= 15 is 0 Å². The molecule has 1 nitrogen and oxygen atoms in total. The molecule has 0 heterocycles. The Morgan fingerprint density at radius 1 is 1.08 bits per heavy atom. The molecular formula is C11H18O. The van der Waals surface area contributed by atoms with Crippen molar-refractivity contribution in [3.63, 3.8) is 0 Å². The van der Waals surface area contributed by atoms with Gasteiger partial charge in [-0.2, -0.15) is 0 Å². The van der Waals surface area contributed by atoms with Crippen LogP contribution < -0.4 is 0 Å². The van der Waals surface area contributed by atoms with E-state index in [1.165, 1.54) is 38.5 Å². The van der Waals surface area contributed by atoms with Gasteiger partial charge in [0, 0.05) is 0 Å². The van der Waals surface area contributed by atoms with Crippen LogP contribution in [-0.2, 0) is 0 Å². The Morgan fingerprint density at radius 2 is 1.83 bits per heavy atom. The molecule has 0 aromatic rings. The summed E-state index contributed by atoms with van der Waals surface area (Å²) in [5.74, 6) is 1.60. The van der Waals surface area contributed by atoms with Crippen molar-refractivity contribution in [1.29, 1.82) is 0 Å². The summed E-state index contributed by atoms with van der Waals surface area (Å²) in [5, 5.41) is 9.90. The van der Waals surface area contributed by atoms with E-state index in [2.05, 4.69) is 0 Å². The molecule has 0 aromatic heterocycles. The van der Waals surface area contributed by atoms with Gasteiger partial charge in [0.05, 0.1) is 6.10 Å². The maximum atomic E-state index is 9.90. The van der Waals surface area contributed by atoms with Crippen LogP contribution in [0.5, 0.6) is 0 Å². The molecular weight excluding hydrogens is 148 g/mol. The molecule has 3 aliphatic rings. The fourth-order valence-electron chi connectivity index (χ4n) is 4.49. The van der Waals surface area contributed by atoms with Crippen LogP contribution in [0.15, 0.2) is 0 Å². The highest BCUT2D eigenvalue weighted by Gasteiger charge is 2.57. The lowest BCUT2D eigenvalue weighted by molar-refractivity contribution is 0.0947. The van der Waals surface area contributed by atoms with Crippen molar-refractivity contribution in [2.45, 2.75) is 51.0 Å². The highest BCUT2D eigenvalue weighted by atomic mass is 16.3. The van der Waals surface area contributed by atoms with Crippen LogP contribution in [0.2, 0.25) is 0 Å². The summed E-state index contributed by atoms with van der Waals surface area (Å²) in [6.07, 6.45) is 9.61. The molecule has 3 rings (SSSR count). The summed E-state index contributed by atoms with van der Waals surface area (Å²) in [5.41, 5.74) is 0.638. The lowest BCUT2D eigenvalue weighted by atomic mass is 9.76. The van der Waals surface area contributed by atoms with Crippen molar-refractivity contribution >= 4 is 0 Å². The van der Waals surface area contributed by atoms with Crippen molar-refractivity contribution in [3.05, 3.63) is 0 Å². The molecule has 3 fully saturated rings. The molecule has 4 atom stereocenters. The van der Waals surface area contributed by atoms with Crippen LogP contribution in [-0.4, -0.2) is 11.2 Å². The third-order valence-corrected chi connectivity index (χ3v) is 4.89. The Bertz CT molecular complexity index is 197. The summed E-state index contributed by atoms with van der Waals surface area (Å²) in [6.45, 7) is 0. The van der Waals surface area contributed by atoms with Crippen LogP contribution >= 0.6 is 0 Å². The molecule has 3 saturated carbocycles. The van der Waals surface area contributed by atoms with Gasteiger partial charge in [-0.25, -0.2) is 0 Å². The second kappa shape index (κ2) is 2.25. The average Bonchev–Trinajstić information content (AvgIpc) is 2.63. The van der Waals surface area contributed by atoms with Crippen LogP contribution in [0.3, 0.4) is 0 Å². The van der Waals surface area contributed by atoms with Gasteiger partial charge in [-0.05, 0) is 49.4 Å². The van der Waals surface area contributed by atoms with Crippen molar-refractivity contribution in [2.24, 2.45) is 17.3 Å². The number of aliphatic hydroxyl groups excluding tert-OH is 1. The standard InChI is InChI=1S/C11H18O/c12-10-7-8-3-1-5-11(8)6-2-4-9(10)11/h8-10,12H,1-7H2/t8-,9-,10-,11?/m1/s1. The zero-order chi connectivity index (χ0) is 8.18. The van der Waals surface area contributed by atoms with Gasteiger partial charge < -0.3 is 5.11 Å². The highest BCUT2D eigenvalue weighted by Crippen LogP contribution is 2.64. The maximum Gasteiger partial charge on any atom is 0.0576 e. The van der Waals surface area contributed by atoms with Gasteiger partial charge in [-0.15, -0.1) is 0 Å². The molecule has 0 saturated heterocycles. The van der Waals surface area contributed by atoms with E-state index < -0.39 is 0 Å². The summed E-state index contributed by atoms with van der Waals surface area (Å²) in [4.78, 5) is 0. The van der Waals surface area contributed by atoms with E-state index in [1.807, 2.05) is 0 Å². The highest BCUT2D eigenvalue weighted by molar-refractivity contribution is 5.07. The van der Waals surface area contributed by atoms with Crippen LogP contribution in [0.25, 0.3) is 0 Å². The zero-order valence-electron chi connectivity index (χ0n) is 7.63. The molecule has 3 aliphatic carbocycles. The quantitative estimate of drug-likeness (QED) is 0.585. The van der Waals surface area contributed by atoms with E-state index in [4.69, 9.17) is 0 Å². The van der Waals surface area contributed by atoms with E-state index in [-0.39, 0.29) is 6.10 Å². The molecule has 0 aliphatic heterocycles. The molecule has 1 heteroatoms. The molecule has 12 heavy (non-hydrogen) atoms.